The third-order valence-corrected chi connectivity index (χ3v) is 26.7. The molecule has 19 rings (SSSR count). The number of halogens is 6. The van der Waals surface area contributed by atoms with Gasteiger partial charge in [-0.25, -0.2) is 23.7 Å². The highest BCUT2D eigenvalue weighted by atomic mass is 35.5. The Morgan fingerprint density at radius 1 is 0.411 bits per heavy atom. The first-order chi connectivity index (χ1) is 52.0. The van der Waals surface area contributed by atoms with Crippen LogP contribution >= 0.6 is 92.5 Å². The minimum atomic E-state index is -0.325. The van der Waals surface area contributed by atoms with Gasteiger partial charge in [0.05, 0.1) is 66.4 Å². The lowest BCUT2D eigenvalue weighted by Crippen LogP contribution is -2.36. The molecule has 6 aromatic carbocycles. The van der Waals surface area contributed by atoms with E-state index in [0.29, 0.717) is 72.7 Å². The summed E-state index contributed by atoms with van der Waals surface area (Å²) in [7, 11) is 0. The second-order valence-electron chi connectivity index (χ2n) is 29.2. The third kappa shape index (κ3) is 14.3. The maximum Gasteiger partial charge on any atom is 0.175 e. The summed E-state index contributed by atoms with van der Waals surface area (Å²) >= 11 is 32.7. The molecular formula is C84H81Cl4F2N13S4. The van der Waals surface area contributed by atoms with Gasteiger partial charge in [0.2, 0.25) is 0 Å². The average molecular weight is 1580 g/mol. The third-order valence-electron chi connectivity index (χ3n) is 22.0. The van der Waals surface area contributed by atoms with Crippen molar-refractivity contribution in [1.82, 2.24) is 32.4 Å². The van der Waals surface area contributed by atoms with Crippen molar-refractivity contribution in [2.75, 3.05) is 52.3 Å². The number of aryl methyl sites for hydroxylation is 4. The summed E-state index contributed by atoms with van der Waals surface area (Å²) in [6.45, 7) is 21.5. The van der Waals surface area contributed by atoms with Crippen molar-refractivity contribution in [2.45, 2.75) is 157 Å². The summed E-state index contributed by atoms with van der Waals surface area (Å²) in [6.07, 6.45) is 18.6. The van der Waals surface area contributed by atoms with Crippen LogP contribution in [0.3, 0.4) is 0 Å². The fourth-order valence-corrected chi connectivity index (χ4v) is 21.0. The molecular weight excluding hydrogens is 1500 g/mol. The van der Waals surface area contributed by atoms with Gasteiger partial charge in [0.15, 0.2) is 22.8 Å². The van der Waals surface area contributed by atoms with Crippen LogP contribution in [0.2, 0.25) is 20.1 Å². The topological polar surface area (TPSA) is 128 Å². The Kier molecular flexibility index (Phi) is 21.4. The number of anilines is 4. The van der Waals surface area contributed by atoms with Crippen molar-refractivity contribution in [3.63, 3.8) is 0 Å². The Morgan fingerprint density at radius 2 is 0.879 bits per heavy atom. The van der Waals surface area contributed by atoms with E-state index in [0.717, 1.165) is 144 Å². The number of piperidine rings is 4. The van der Waals surface area contributed by atoms with Crippen LogP contribution in [0.25, 0.3) is 99.7 Å². The first kappa shape index (κ1) is 73.3. The van der Waals surface area contributed by atoms with Crippen LogP contribution in [0.15, 0.2) is 113 Å². The van der Waals surface area contributed by atoms with E-state index in [1.165, 1.54) is 138 Å². The molecule has 3 atom stereocenters. The Bertz CT molecular complexity index is 5630. The summed E-state index contributed by atoms with van der Waals surface area (Å²) in [6, 6.07) is 35.6. The van der Waals surface area contributed by atoms with E-state index in [1.807, 2.05) is 50.5 Å². The smallest absolute Gasteiger partial charge is 0.175 e. The molecule has 13 heterocycles. The van der Waals surface area contributed by atoms with Crippen molar-refractivity contribution < 1.29 is 8.78 Å². The molecule has 107 heavy (non-hydrogen) atoms. The number of hydrogen-bond acceptors (Lipinski definition) is 17. The molecule has 7 aromatic heterocycles. The zero-order valence-electron chi connectivity index (χ0n) is 60.9. The summed E-state index contributed by atoms with van der Waals surface area (Å²) in [5.74, 6) is -0.636. The summed E-state index contributed by atoms with van der Waals surface area (Å²) in [5, 5.41) is 13.1. The van der Waals surface area contributed by atoms with Gasteiger partial charge in [0.1, 0.15) is 31.3 Å². The molecule has 6 aliphatic rings. The lowest BCUT2D eigenvalue weighted by Gasteiger charge is -2.34. The number of aromatic nitrogens is 7. The molecule has 0 spiro atoms. The molecule has 6 aliphatic heterocycles. The minimum absolute atomic E-state index is 0.311. The van der Waals surface area contributed by atoms with Crippen molar-refractivity contribution in [3.05, 3.63) is 179 Å². The minimum Gasteiger partial charge on any atom is -0.362 e. The van der Waals surface area contributed by atoms with E-state index in [2.05, 4.69) is 153 Å². The van der Waals surface area contributed by atoms with Gasteiger partial charge in [-0.2, -0.15) is 17.5 Å². The van der Waals surface area contributed by atoms with Gasteiger partial charge in [0.25, 0.3) is 0 Å². The van der Waals surface area contributed by atoms with Crippen LogP contribution in [0.1, 0.15) is 142 Å². The van der Waals surface area contributed by atoms with E-state index in [1.54, 1.807) is 29.1 Å². The van der Waals surface area contributed by atoms with E-state index < -0.39 is 0 Å². The molecule has 0 saturated carbocycles. The van der Waals surface area contributed by atoms with E-state index in [-0.39, 0.29) is 11.6 Å². The number of hydrogen-bond donors (Lipinski definition) is 0. The first-order valence-corrected chi connectivity index (χ1v) is 41.8. The van der Waals surface area contributed by atoms with Crippen LogP contribution in [-0.2, 0) is 13.1 Å². The number of rotatable bonds is 8. The van der Waals surface area contributed by atoms with Gasteiger partial charge in [-0.05, 0) is 258 Å². The zero-order chi connectivity index (χ0) is 73.9. The van der Waals surface area contributed by atoms with Crippen LogP contribution in [-0.4, -0.2) is 95.7 Å². The van der Waals surface area contributed by atoms with Crippen LogP contribution in [0.5, 0.6) is 0 Å². The predicted molar refractivity (Wildman–Crippen MR) is 451 cm³/mol. The molecule has 0 N–H and O–H groups in total. The largest absolute Gasteiger partial charge is 0.362 e. The number of pyridine rings is 3. The van der Waals surface area contributed by atoms with E-state index in [4.69, 9.17) is 56.4 Å². The van der Waals surface area contributed by atoms with Gasteiger partial charge in [-0.3, -0.25) is 9.98 Å². The molecule has 3 unspecified atom stereocenters. The number of benzene rings is 6. The maximum absolute atomic E-state index is 15.6. The lowest BCUT2D eigenvalue weighted by molar-refractivity contribution is 0.488. The second-order valence-corrected chi connectivity index (χ2v) is 33.8. The molecule has 0 radical (unpaired) electrons. The van der Waals surface area contributed by atoms with Crippen LogP contribution < -0.4 is 19.6 Å². The Balaban J connectivity index is 0.000000109. The van der Waals surface area contributed by atoms with E-state index >= 15 is 4.39 Å². The van der Waals surface area contributed by atoms with Crippen molar-refractivity contribution in [3.8, 4) is 44.9 Å². The SMILES string of the molecule is Cc1cc(-c2nc3nsc(N4CCCCC4C)c3cc2Cl)c2ccccc2c1.Cc1ccc2c(c1-c1c(Cl)cc3c(N4CCCCC4)snc3c1F)C=NC2.Cc1ccc2c(c1-c1nc3nsc(N4CCCCC4C)c3cc1Cl)C=NC2.Cc1cccc(F)c1-c1nc2nsc(N3CCCCC3C)c2cc1Cl. The van der Waals surface area contributed by atoms with Gasteiger partial charge >= 0.3 is 0 Å². The molecule has 0 aliphatic carbocycles. The standard InChI is InChI=1S/C23H22ClN3S.C21H19ClFN3S.C21H21ClN4S.C19H19ClFN3S/c1-14-11-16-8-3-4-9-17(16)18(12-14)21-20(24)13-19-22(25-21)26-28-23(19)27-10-6-5-7-15(27)2;1-12-5-6-13-10-24-11-15(13)17(12)18-16(22)9-14-20(19(18)23)25-27-21(14)26-7-3-2-4-8-26;1-12-6-7-14-10-23-11-16(14)18(12)19-17(22)9-15-20(24-19)25-27-21(15)26-8-4-3-5-13(26)2;1-11-6-5-8-15(21)16(11)17-14(20)10-13-18(22-17)23-25-19(13)24-9-4-3-7-12(24)2/h3-4,8-9,11-13,15H,5-7,10H2,1-2H3;5-6,9,11H,2-4,7-8,10H2,1H3;6-7,9,11,13H,3-5,8,10H2,1-2H3;5-6,8,10,12H,3-4,7,9H2,1-2H3. The fraction of sp³-hybridized carbons (Fsp3) is 0.345. The number of fused-ring (bicyclic) bond motifs is 7. The monoisotopic (exact) mass is 1580 g/mol. The highest BCUT2D eigenvalue weighted by molar-refractivity contribution is 7.13. The molecule has 0 amide bonds. The normalized spacial score (nSPS) is 17.7. The van der Waals surface area contributed by atoms with Crippen molar-refractivity contribution in [2.24, 2.45) is 9.98 Å². The summed E-state index contributed by atoms with van der Waals surface area (Å²) < 4.78 is 48.3. The second kappa shape index (κ2) is 31.3. The van der Waals surface area contributed by atoms with Crippen molar-refractivity contribution >= 4 is 180 Å². The Morgan fingerprint density at radius 3 is 1.42 bits per heavy atom. The van der Waals surface area contributed by atoms with Gasteiger partial charge in [0, 0.05) is 102 Å². The molecule has 4 fully saturated rings. The fourth-order valence-electron chi connectivity index (χ4n) is 16.3. The van der Waals surface area contributed by atoms with Crippen LogP contribution in [0, 0.1) is 39.3 Å². The van der Waals surface area contributed by atoms with Gasteiger partial charge < -0.3 is 19.6 Å². The number of aliphatic imine (C=N–C) groups is 2. The van der Waals surface area contributed by atoms with E-state index in [9.17, 15) is 4.39 Å². The molecule has 23 heteroatoms. The molecule has 4 saturated heterocycles. The highest BCUT2D eigenvalue weighted by Crippen LogP contribution is 2.48. The van der Waals surface area contributed by atoms with Gasteiger partial charge in [-0.1, -0.05) is 113 Å². The summed E-state index contributed by atoms with van der Waals surface area (Å²) in [5.41, 5.74) is 17.3. The lowest BCUT2D eigenvalue weighted by atomic mass is 9.92. The van der Waals surface area contributed by atoms with Gasteiger partial charge in [-0.15, -0.1) is 0 Å². The quantitative estimate of drug-likeness (QED) is 0.144. The average Bonchev–Trinajstić information content (AvgIpc) is 1.68. The van der Waals surface area contributed by atoms with Crippen LogP contribution in [0.4, 0.5) is 28.8 Å². The first-order valence-electron chi connectivity index (χ1n) is 37.2. The Hall–Kier alpha value is -7.85. The molecule has 0 bridgehead atoms. The predicted octanol–water partition coefficient (Wildman–Crippen LogP) is 24.3. The molecule has 13 nitrogen and oxygen atoms in total. The summed E-state index contributed by atoms with van der Waals surface area (Å²) in [4.78, 5) is 32.9. The number of nitrogens with zero attached hydrogens (tertiary/aromatic N) is 13. The molecule has 13 aromatic rings. The molecule has 548 valence electrons. The highest BCUT2D eigenvalue weighted by Gasteiger charge is 2.31. The van der Waals surface area contributed by atoms with Crippen molar-refractivity contribution in [1.29, 1.82) is 0 Å². The maximum atomic E-state index is 15.6. The Labute approximate surface area is 659 Å². The zero-order valence-corrected chi connectivity index (χ0v) is 67.1.